The van der Waals surface area contributed by atoms with Gasteiger partial charge in [0.2, 0.25) is 0 Å². The lowest BCUT2D eigenvalue weighted by Gasteiger charge is -2.52. The molecule has 18 atom stereocenters. The van der Waals surface area contributed by atoms with Crippen molar-refractivity contribution >= 4 is 5.97 Å². The molecule has 1 unspecified atom stereocenters. The summed E-state index contributed by atoms with van der Waals surface area (Å²) in [7, 11) is 7.35. The Labute approximate surface area is 356 Å². The van der Waals surface area contributed by atoms with Crippen LogP contribution in [0.15, 0.2) is 12.7 Å². The third-order valence-corrected chi connectivity index (χ3v) is 13.7. The number of esters is 1. The Hall–Kier alpha value is -1.27. The minimum absolute atomic E-state index is 0.117. The zero-order chi connectivity index (χ0) is 44.6. The average molecular weight is 845 g/mol. The van der Waals surface area contributed by atoms with Crippen molar-refractivity contribution in [2.24, 2.45) is 23.7 Å². The van der Waals surface area contributed by atoms with Gasteiger partial charge in [-0.05, 0) is 107 Å². The van der Waals surface area contributed by atoms with Crippen LogP contribution in [0, 0.1) is 23.7 Å². The summed E-state index contributed by atoms with van der Waals surface area (Å²) < 4.78 is 44.6. The van der Waals surface area contributed by atoms with Crippen molar-refractivity contribution in [2.75, 3.05) is 54.6 Å². The van der Waals surface area contributed by atoms with Crippen molar-refractivity contribution in [2.45, 2.75) is 192 Å². The third kappa shape index (κ3) is 12.9. The summed E-state index contributed by atoms with van der Waals surface area (Å²) in [6, 6.07) is -0.775. The SMILES string of the molecule is C=CCOCCCCO[C@H]1[C@H](C)O[C@@H](C2[C@@H](C)C(=O)O[C@H](CC)[C@@](C)(O)[C@H](O)[C@@H](C)N(C)C[C@H](C)C[C@@](C)(O)[C@H](O[C@@H]3O[C@H](C)C[C@H](N(C)C)[C@H]3O)[C@H]2C)C[C@@]1(C)OC. The molecular weight excluding hydrogens is 760 g/mol. The smallest absolute Gasteiger partial charge is 0.309 e. The number of nitrogens with zero attached hydrogens (tertiary/aromatic N) is 2. The molecule has 14 nitrogen and oxygen atoms in total. The first kappa shape index (κ1) is 52.1. The monoisotopic (exact) mass is 845 g/mol. The molecule has 0 amide bonds. The Morgan fingerprint density at radius 2 is 1.63 bits per heavy atom. The van der Waals surface area contributed by atoms with E-state index < -0.39 is 95.6 Å². The van der Waals surface area contributed by atoms with Gasteiger partial charge in [0.05, 0.1) is 48.1 Å². The number of unbranched alkanes of at least 4 members (excludes halogenated alkanes) is 1. The van der Waals surface area contributed by atoms with Crippen molar-refractivity contribution in [3.63, 3.8) is 0 Å². The lowest BCUT2D eigenvalue weighted by atomic mass is 9.68. The molecule has 0 bridgehead atoms. The van der Waals surface area contributed by atoms with E-state index in [-0.39, 0.29) is 30.9 Å². The van der Waals surface area contributed by atoms with E-state index in [2.05, 4.69) is 6.58 Å². The van der Waals surface area contributed by atoms with Crippen molar-refractivity contribution in [3.8, 4) is 0 Å². The molecular formula is C45H84N2O12. The molecule has 0 spiro atoms. The molecule has 4 N–H and O–H groups in total. The van der Waals surface area contributed by atoms with E-state index >= 15 is 0 Å². The van der Waals surface area contributed by atoms with Crippen LogP contribution in [0.4, 0.5) is 0 Å². The van der Waals surface area contributed by atoms with Gasteiger partial charge in [-0.15, -0.1) is 6.58 Å². The molecule has 59 heavy (non-hydrogen) atoms. The average Bonchev–Trinajstić information content (AvgIpc) is 3.15. The number of carbonyl (C=O) groups is 1. The van der Waals surface area contributed by atoms with Gasteiger partial charge in [-0.3, -0.25) is 4.79 Å². The van der Waals surface area contributed by atoms with E-state index in [0.717, 1.165) is 12.8 Å². The molecule has 0 aliphatic carbocycles. The number of aliphatic hydroxyl groups excluding tert-OH is 2. The zero-order valence-electron chi connectivity index (χ0n) is 39.0. The van der Waals surface area contributed by atoms with Gasteiger partial charge in [-0.1, -0.05) is 33.8 Å². The second-order valence-electron chi connectivity index (χ2n) is 19.2. The summed E-state index contributed by atoms with van der Waals surface area (Å²) >= 11 is 0. The lowest BCUT2D eigenvalue weighted by Crippen LogP contribution is -2.62. The van der Waals surface area contributed by atoms with Gasteiger partial charge < -0.3 is 63.4 Å². The van der Waals surface area contributed by atoms with Crippen molar-refractivity contribution in [1.29, 1.82) is 0 Å². The first-order valence-corrected chi connectivity index (χ1v) is 22.2. The molecule has 0 aromatic carbocycles. The molecule has 3 rings (SSSR count). The number of cyclic esters (lactones) is 1. The topological polar surface area (TPSA) is 169 Å². The highest BCUT2D eigenvalue weighted by Gasteiger charge is 2.55. The predicted octanol–water partition coefficient (Wildman–Crippen LogP) is 4.18. The van der Waals surface area contributed by atoms with Crippen LogP contribution in [0.1, 0.15) is 108 Å². The van der Waals surface area contributed by atoms with Gasteiger partial charge in [0.1, 0.15) is 30.0 Å². The summed E-state index contributed by atoms with van der Waals surface area (Å²) in [6.07, 6.45) is -2.26. The van der Waals surface area contributed by atoms with E-state index in [9.17, 15) is 25.2 Å². The molecule has 14 heteroatoms. The van der Waals surface area contributed by atoms with Crippen LogP contribution in [-0.4, -0.2) is 175 Å². The van der Waals surface area contributed by atoms with Crippen LogP contribution in [0.3, 0.4) is 0 Å². The maximum absolute atomic E-state index is 14.6. The van der Waals surface area contributed by atoms with Crippen LogP contribution in [0.25, 0.3) is 0 Å². The summed E-state index contributed by atoms with van der Waals surface area (Å²) in [5.41, 5.74) is -4.11. The van der Waals surface area contributed by atoms with E-state index in [1.807, 2.05) is 79.4 Å². The van der Waals surface area contributed by atoms with E-state index in [1.54, 1.807) is 27.0 Å². The number of ether oxygens (including phenoxy) is 7. The Bertz CT molecular complexity index is 1290. The van der Waals surface area contributed by atoms with Gasteiger partial charge in [0.15, 0.2) is 6.29 Å². The molecule has 3 saturated heterocycles. The molecule has 0 saturated carbocycles. The molecule has 3 heterocycles. The number of carbonyl (C=O) groups excluding carboxylic acids is 1. The number of hydrogen-bond acceptors (Lipinski definition) is 14. The highest BCUT2D eigenvalue weighted by Crippen LogP contribution is 2.45. The lowest BCUT2D eigenvalue weighted by molar-refractivity contribution is -0.303. The highest BCUT2D eigenvalue weighted by molar-refractivity contribution is 5.73. The summed E-state index contributed by atoms with van der Waals surface area (Å²) in [5, 5.41) is 48.0. The fourth-order valence-corrected chi connectivity index (χ4v) is 10.3. The van der Waals surface area contributed by atoms with Gasteiger partial charge in [0, 0.05) is 51.3 Å². The van der Waals surface area contributed by atoms with Crippen LogP contribution in [0.5, 0.6) is 0 Å². The second-order valence-corrected chi connectivity index (χ2v) is 19.2. The summed E-state index contributed by atoms with van der Waals surface area (Å²) in [6.45, 7) is 24.3. The van der Waals surface area contributed by atoms with Crippen LogP contribution in [-0.2, 0) is 38.0 Å². The van der Waals surface area contributed by atoms with E-state index in [0.29, 0.717) is 39.2 Å². The predicted molar refractivity (Wildman–Crippen MR) is 227 cm³/mol. The molecule has 0 aromatic rings. The number of methoxy groups -OCH3 is 1. The molecule has 3 fully saturated rings. The molecule has 346 valence electrons. The first-order chi connectivity index (χ1) is 27.5. The quantitative estimate of drug-likeness (QED) is 0.112. The third-order valence-electron chi connectivity index (χ3n) is 13.7. The number of rotatable bonds is 14. The number of hydrogen-bond donors (Lipinski definition) is 4. The highest BCUT2D eigenvalue weighted by atomic mass is 16.7. The standard InChI is InChI=1S/C45H84N2O12/c1-16-20-54-21-18-19-22-55-40-32(8)57-34(25-44(40,10)53-15)36-29(5)39(59-42-37(48)33(46(12)13)23-28(4)56-42)43(9,51)24-27(3)26-47(14)31(7)38(49)45(11,52)35(17-2)58-41(50)30(36)6/h16,27-40,42,48-49,51-52H,1,17-26H2,2-15H3/t27-,28-,29+,30-,31-,32+,33+,34-,35-,36?,37-,38-,39-,40+,42+,43-,44-,45-/m1/s1. The van der Waals surface area contributed by atoms with Crippen LogP contribution in [0.2, 0.25) is 0 Å². The zero-order valence-corrected chi connectivity index (χ0v) is 39.0. The molecule has 3 aliphatic heterocycles. The minimum atomic E-state index is -1.78. The fraction of sp³-hybridized carbons (Fsp3) is 0.933. The van der Waals surface area contributed by atoms with Gasteiger partial charge in [-0.2, -0.15) is 0 Å². The number of likely N-dealkylation sites (N-methyl/N-ethyl adjacent to an activating group) is 2. The first-order valence-electron chi connectivity index (χ1n) is 22.2. The summed E-state index contributed by atoms with van der Waals surface area (Å²) in [5.74, 6) is -2.78. The Balaban J connectivity index is 2.15. The molecule has 0 radical (unpaired) electrons. The summed E-state index contributed by atoms with van der Waals surface area (Å²) in [4.78, 5) is 18.5. The molecule has 0 aromatic heterocycles. The Kier molecular flexibility index (Phi) is 19.8. The number of aliphatic hydroxyl groups is 4. The maximum Gasteiger partial charge on any atom is 0.309 e. The van der Waals surface area contributed by atoms with Crippen LogP contribution < -0.4 is 0 Å². The maximum atomic E-state index is 14.6. The van der Waals surface area contributed by atoms with Crippen molar-refractivity contribution in [3.05, 3.63) is 12.7 Å². The second kappa shape index (κ2) is 22.4. The largest absolute Gasteiger partial charge is 0.459 e. The minimum Gasteiger partial charge on any atom is -0.459 e. The van der Waals surface area contributed by atoms with Crippen molar-refractivity contribution < 1.29 is 58.4 Å². The van der Waals surface area contributed by atoms with Crippen LogP contribution >= 0.6 is 0 Å². The van der Waals surface area contributed by atoms with E-state index in [1.165, 1.54) is 6.92 Å². The van der Waals surface area contributed by atoms with Gasteiger partial charge in [-0.25, -0.2) is 0 Å². The Morgan fingerprint density at radius 1 is 0.983 bits per heavy atom. The van der Waals surface area contributed by atoms with E-state index in [4.69, 9.17) is 33.2 Å². The Morgan fingerprint density at radius 3 is 2.22 bits per heavy atom. The molecule has 3 aliphatic rings. The normalized spacial score (nSPS) is 45.1. The van der Waals surface area contributed by atoms with Crippen molar-refractivity contribution in [1.82, 2.24) is 9.80 Å². The fourth-order valence-electron chi connectivity index (χ4n) is 10.3. The van der Waals surface area contributed by atoms with Gasteiger partial charge >= 0.3 is 5.97 Å². The van der Waals surface area contributed by atoms with Gasteiger partial charge in [0.25, 0.3) is 0 Å².